The highest BCUT2D eigenvalue weighted by Gasteiger charge is 2.32. The Morgan fingerprint density at radius 1 is 1.03 bits per heavy atom. The van der Waals surface area contributed by atoms with Gasteiger partial charge in [-0.3, -0.25) is 4.79 Å². The SMILES string of the molecule is C[C@@H]1CN([C@H](C)CO)C(=O)c2ccccc2-c2ccccc2CO[C@@H]1CN(C)S(=O)(=O)c1ccc(Cl)cc1. The number of carbonyl (C=O) groups is 1. The molecule has 0 aromatic heterocycles. The van der Waals surface area contributed by atoms with Crippen LogP contribution >= 0.6 is 11.6 Å². The maximum absolute atomic E-state index is 13.9. The minimum Gasteiger partial charge on any atom is -0.394 e. The van der Waals surface area contributed by atoms with Gasteiger partial charge in [-0.05, 0) is 53.9 Å². The number of ether oxygens (including phenoxy) is 1. The third-order valence-electron chi connectivity index (χ3n) is 7.05. The number of hydrogen-bond acceptors (Lipinski definition) is 5. The summed E-state index contributed by atoms with van der Waals surface area (Å²) >= 11 is 5.95. The number of sulfonamides is 1. The van der Waals surface area contributed by atoms with Gasteiger partial charge in [-0.25, -0.2) is 8.42 Å². The number of likely N-dealkylation sites (N-methyl/N-ethyl adjacent to an activating group) is 1. The van der Waals surface area contributed by atoms with Crippen molar-refractivity contribution in [3.05, 3.63) is 88.9 Å². The molecule has 0 spiro atoms. The Bertz CT molecular complexity index is 1380. The molecule has 0 saturated carbocycles. The predicted octanol–water partition coefficient (Wildman–Crippen LogP) is 4.69. The molecule has 1 N–H and O–H groups in total. The fourth-order valence-corrected chi connectivity index (χ4v) is 6.00. The molecule has 0 bridgehead atoms. The fourth-order valence-electron chi connectivity index (χ4n) is 4.69. The number of halogens is 1. The molecule has 4 rings (SSSR count). The van der Waals surface area contributed by atoms with E-state index in [1.165, 1.54) is 23.5 Å². The highest BCUT2D eigenvalue weighted by Crippen LogP contribution is 2.31. The van der Waals surface area contributed by atoms with E-state index in [1.807, 2.05) is 49.4 Å². The van der Waals surface area contributed by atoms with E-state index in [-0.39, 0.29) is 43.0 Å². The van der Waals surface area contributed by atoms with Crippen LogP contribution in [-0.2, 0) is 21.4 Å². The Kier molecular flexibility index (Phi) is 8.90. The molecule has 3 aromatic rings. The van der Waals surface area contributed by atoms with E-state index in [4.69, 9.17) is 16.3 Å². The van der Waals surface area contributed by atoms with Crippen molar-refractivity contribution >= 4 is 27.5 Å². The van der Waals surface area contributed by atoms with Crippen molar-refractivity contribution in [2.24, 2.45) is 5.92 Å². The lowest BCUT2D eigenvalue weighted by molar-refractivity contribution is -0.0146. The molecule has 0 saturated heterocycles. The van der Waals surface area contributed by atoms with Crippen molar-refractivity contribution in [1.82, 2.24) is 9.21 Å². The van der Waals surface area contributed by atoms with Gasteiger partial charge in [0, 0.05) is 36.6 Å². The van der Waals surface area contributed by atoms with Crippen molar-refractivity contribution < 1.29 is 23.1 Å². The Hall–Kier alpha value is -2.75. The van der Waals surface area contributed by atoms with Gasteiger partial charge in [-0.1, -0.05) is 61.0 Å². The summed E-state index contributed by atoms with van der Waals surface area (Å²) in [6.07, 6.45) is -0.530. The van der Waals surface area contributed by atoms with Gasteiger partial charge in [-0.2, -0.15) is 4.31 Å². The van der Waals surface area contributed by atoms with Crippen LogP contribution in [0.3, 0.4) is 0 Å². The number of amides is 1. The van der Waals surface area contributed by atoms with E-state index in [2.05, 4.69) is 0 Å². The number of nitrogens with zero attached hydrogens (tertiary/aromatic N) is 2. The lowest BCUT2D eigenvalue weighted by atomic mass is 9.94. The van der Waals surface area contributed by atoms with Crippen molar-refractivity contribution in [2.45, 2.75) is 37.5 Å². The van der Waals surface area contributed by atoms with Crippen LogP contribution in [0.4, 0.5) is 0 Å². The van der Waals surface area contributed by atoms with Crippen LogP contribution in [0.25, 0.3) is 11.1 Å². The Balaban J connectivity index is 1.73. The lowest BCUT2D eigenvalue weighted by Crippen LogP contribution is -2.47. The average molecular weight is 557 g/mol. The van der Waals surface area contributed by atoms with Crippen LogP contribution in [0.5, 0.6) is 0 Å². The molecule has 202 valence electrons. The molecule has 0 unspecified atom stereocenters. The zero-order valence-electron chi connectivity index (χ0n) is 21.7. The van der Waals surface area contributed by atoms with Gasteiger partial charge in [0.25, 0.3) is 5.91 Å². The van der Waals surface area contributed by atoms with E-state index in [0.717, 1.165) is 16.7 Å². The van der Waals surface area contributed by atoms with E-state index in [0.29, 0.717) is 10.6 Å². The van der Waals surface area contributed by atoms with Gasteiger partial charge in [-0.15, -0.1) is 0 Å². The molecule has 7 nitrogen and oxygen atoms in total. The van der Waals surface area contributed by atoms with Gasteiger partial charge in [0.05, 0.1) is 30.3 Å². The first-order chi connectivity index (χ1) is 18.1. The molecule has 1 heterocycles. The largest absolute Gasteiger partial charge is 0.394 e. The van der Waals surface area contributed by atoms with Crippen LogP contribution in [0.1, 0.15) is 29.8 Å². The number of aliphatic hydroxyl groups is 1. The van der Waals surface area contributed by atoms with Crippen LogP contribution in [0, 0.1) is 5.92 Å². The zero-order valence-corrected chi connectivity index (χ0v) is 23.3. The first-order valence-electron chi connectivity index (χ1n) is 12.6. The average Bonchev–Trinajstić information content (AvgIpc) is 2.94. The molecular weight excluding hydrogens is 524 g/mol. The third kappa shape index (κ3) is 5.95. The second-order valence-corrected chi connectivity index (χ2v) is 12.2. The number of fused-ring (bicyclic) bond motifs is 3. The van der Waals surface area contributed by atoms with Crippen LogP contribution in [0.2, 0.25) is 5.02 Å². The standard InChI is InChI=1S/C29H33ClN2O5S/c1-20-16-32(21(2)18-33)29(34)27-11-7-6-10-26(27)25-9-5-4-8-22(25)19-37-28(20)17-31(3)38(35,36)24-14-12-23(30)13-15-24/h4-15,20-21,28,33H,16-19H2,1-3H3/t20-,21-,28-/m1/s1. The summed E-state index contributed by atoms with van der Waals surface area (Å²) in [6.45, 7) is 4.15. The van der Waals surface area contributed by atoms with Crippen molar-refractivity contribution in [1.29, 1.82) is 0 Å². The molecule has 0 radical (unpaired) electrons. The highest BCUT2D eigenvalue weighted by molar-refractivity contribution is 7.89. The second kappa shape index (κ2) is 12.0. The monoisotopic (exact) mass is 556 g/mol. The second-order valence-electron chi connectivity index (χ2n) is 9.76. The maximum Gasteiger partial charge on any atom is 0.254 e. The van der Waals surface area contributed by atoms with Gasteiger partial charge >= 0.3 is 0 Å². The summed E-state index contributed by atoms with van der Waals surface area (Å²) in [6, 6.07) is 20.8. The number of rotatable bonds is 6. The molecule has 1 amide bonds. The van der Waals surface area contributed by atoms with Gasteiger partial charge in [0.1, 0.15) is 0 Å². The summed E-state index contributed by atoms with van der Waals surface area (Å²) in [5, 5.41) is 10.4. The molecule has 0 aliphatic carbocycles. The third-order valence-corrected chi connectivity index (χ3v) is 9.14. The van der Waals surface area contributed by atoms with E-state index in [1.54, 1.807) is 30.0 Å². The smallest absolute Gasteiger partial charge is 0.254 e. The van der Waals surface area contributed by atoms with Gasteiger partial charge < -0.3 is 14.7 Å². The summed E-state index contributed by atoms with van der Waals surface area (Å²) in [7, 11) is -2.28. The fraction of sp³-hybridized carbons (Fsp3) is 0.345. The number of hydrogen-bond donors (Lipinski definition) is 1. The molecule has 0 fully saturated rings. The zero-order chi connectivity index (χ0) is 27.4. The summed E-state index contributed by atoms with van der Waals surface area (Å²) in [5.41, 5.74) is 3.12. The van der Waals surface area contributed by atoms with Crippen LogP contribution < -0.4 is 0 Å². The molecule has 3 atom stereocenters. The molecule has 3 aromatic carbocycles. The Labute approximate surface area is 229 Å². The predicted molar refractivity (Wildman–Crippen MR) is 148 cm³/mol. The lowest BCUT2D eigenvalue weighted by Gasteiger charge is -2.35. The van der Waals surface area contributed by atoms with Crippen molar-refractivity contribution in [3.63, 3.8) is 0 Å². The minimum atomic E-state index is -3.80. The Morgan fingerprint density at radius 2 is 1.63 bits per heavy atom. The number of carbonyl (C=O) groups excluding carboxylic acids is 1. The summed E-state index contributed by atoms with van der Waals surface area (Å²) in [5.74, 6) is -0.431. The highest BCUT2D eigenvalue weighted by atomic mass is 35.5. The van der Waals surface area contributed by atoms with Gasteiger partial charge in [0.15, 0.2) is 0 Å². The molecule has 1 aliphatic rings. The van der Waals surface area contributed by atoms with E-state index < -0.39 is 22.2 Å². The van der Waals surface area contributed by atoms with Crippen LogP contribution in [-0.4, -0.2) is 67.5 Å². The quantitative estimate of drug-likeness (QED) is 0.476. The first-order valence-corrected chi connectivity index (χ1v) is 14.4. The topological polar surface area (TPSA) is 87.2 Å². The molecule has 38 heavy (non-hydrogen) atoms. The summed E-state index contributed by atoms with van der Waals surface area (Å²) in [4.78, 5) is 15.7. The van der Waals surface area contributed by atoms with Crippen molar-refractivity contribution in [3.8, 4) is 11.1 Å². The van der Waals surface area contributed by atoms with E-state index in [9.17, 15) is 18.3 Å². The normalized spacial score (nSPS) is 19.4. The maximum atomic E-state index is 13.9. The van der Waals surface area contributed by atoms with Crippen molar-refractivity contribution in [2.75, 3.05) is 26.7 Å². The molecule has 1 aliphatic heterocycles. The Morgan fingerprint density at radius 3 is 2.29 bits per heavy atom. The van der Waals surface area contributed by atoms with E-state index >= 15 is 0 Å². The van der Waals surface area contributed by atoms with Crippen LogP contribution in [0.15, 0.2) is 77.7 Å². The molecular formula is C29H33ClN2O5S. The molecule has 9 heteroatoms. The number of aliphatic hydroxyl groups excluding tert-OH is 1. The minimum absolute atomic E-state index is 0.0801. The van der Waals surface area contributed by atoms with Gasteiger partial charge in [0.2, 0.25) is 10.0 Å². The number of benzene rings is 3. The summed E-state index contributed by atoms with van der Waals surface area (Å²) < 4.78 is 34.3. The first kappa shape index (κ1) is 28.3.